The van der Waals surface area contributed by atoms with Crippen molar-refractivity contribution in [2.45, 2.75) is 12.8 Å². The maximum atomic E-state index is 12.4. The maximum absolute atomic E-state index is 12.4. The molecule has 0 radical (unpaired) electrons. The van der Waals surface area contributed by atoms with Crippen LogP contribution in [0.1, 0.15) is 17.7 Å². The van der Waals surface area contributed by atoms with Gasteiger partial charge in [0.25, 0.3) is 6.43 Å². The summed E-state index contributed by atoms with van der Waals surface area (Å²) in [6.07, 6.45) is -2.54. The summed E-state index contributed by atoms with van der Waals surface area (Å²) in [7, 11) is 1.38. The lowest BCUT2D eigenvalue weighted by atomic mass is 10.2. The van der Waals surface area contributed by atoms with Crippen molar-refractivity contribution in [3.05, 3.63) is 21.0 Å². The molecule has 1 aromatic heterocycles. The highest BCUT2D eigenvalue weighted by Gasteiger charge is 2.16. The SMILES string of the molecule is COc1cc(C(F)F)nc(I)c1CC#N. The average molecular weight is 324 g/mol. The van der Waals surface area contributed by atoms with Crippen LogP contribution >= 0.6 is 22.6 Å². The zero-order valence-corrected chi connectivity index (χ0v) is 9.96. The van der Waals surface area contributed by atoms with Crippen molar-refractivity contribution in [2.24, 2.45) is 0 Å². The van der Waals surface area contributed by atoms with Crippen molar-refractivity contribution in [3.8, 4) is 11.8 Å². The maximum Gasteiger partial charge on any atom is 0.280 e. The van der Waals surface area contributed by atoms with E-state index >= 15 is 0 Å². The van der Waals surface area contributed by atoms with Crippen LogP contribution < -0.4 is 4.74 Å². The molecule has 0 spiro atoms. The van der Waals surface area contributed by atoms with Crippen LogP contribution in [0.5, 0.6) is 5.75 Å². The summed E-state index contributed by atoms with van der Waals surface area (Å²) in [5.74, 6) is 0.284. The fraction of sp³-hybridized carbons (Fsp3) is 0.333. The minimum absolute atomic E-state index is 0.0952. The van der Waals surface area contributed by atoms with E-state index in [4.69, 9.17) is 10.00 Å². The summed E-state index contributed by atoms with van der Waals surface area (Å²) in [5, 5.41) is 8.56. The Bertz CT molecular complexity index is 404. The molecule has 0 saturated heterocycles. The molecule has 0 amide bonds. The van der Waals surface area contributed by atoms with Gasteiger partial charge < -0.3 is 4.74 Å². The van der Waals surface area contributed by atoms with Gasteiger partial charge in [-0.3, -0.25) is 0 Å². The first kappa shape index (κ1) is 12.1. The molecule has 0 aliphatic carbocycles. The van der Waals surface area contributed by atoms with Gasteiger partial charge in [0.2, 0.25) is 0 Å². The predicted molar refractivity (Wildman–Crippen MR) is 57.8 cm³/mol. The molecule has 0 aliphatic rings. The number of aromatic nitrogens is 1. The van der Waals surface area contributed by atoms with E-state index in [0.717, 1.165) is 0 Å². The van der Waals surface area contributed by atoms with Gasteiger partial charge >= 0.3 is 0 Å². The second-order valence-corrected chi connectivity index (χ2v) is 3.68. The van der Waals surface area contributed by atoms with E-state index in [9.17, 15) is 8.78 Å². The molecule has 0 fully saturated rings. The van der Waals surface area contributed by atoms with Gasteiger partial charge in [-0.15, -0.1) is 0 Å². The molecule has 0 aromatic carbocycles. The highest BCUT2D eigenvalue weighted by Crippen LogP contribution is 2.28. The standard InChI is InChI=1S/C9H7F2IN2O/c1-15-7-4-6(8(10)11)14-9(12)5(7)2-3-13/h4,8H,2H2,1H3. The molecular weight excluding hydrogens is 317 g/mol. The van der Waals surface area contributed by atoms with Crippen LogP contribution in [0.4, 0.5) is 8.78 Å². The number of nitriles is 1. The first-order valence-electron chi connectivity index (χ1n) is 3.98. The van der Waals surface area contributed by atoms with Crippen LogP contribution in [-0.2, 0) is 6.42 Å². The first-order chi connectivity index (χ1) is 7.10. The highest BCUT2D eigenvalue weighted by atomic mass is 127. The van der Waals surface area contributed by atoms with Gasteiger partial charge in [0.05, 0.1) is 19.6 Å². The van der Waals surface area contributed by atoms with Crippen molar-refractivity contribution in [2.75, 3.05) is 7.11 Å². The minimum atomic E-state index is -2.64. The minimum Gasteiger partial charge on any atom is -0.496 e. The monoisotopic (exact) mass is 324 g/mol. The summed E-state index contributed by atoms with van der Waals surface area (Å²) in [6, 6.07) is 3.10. The summed E-state index contributed by atoms with van der Waals surface area (Å²) in [5.41, 5.74) is 0.211. The zero-order chi connectivity index (χ0) is 11.4. The molecule has 0 N–H and O–H groups in total. The van der Waals surface area contributed by atoms with Gasteiger partial charge in [0, 0.05) is 11.6 Å². The molecule has 80 valence electrons. The fourth-order valence-corrected chi connectivity index (χ4v) is 1.80. The largest absolute Gasteiger partial charge is 0.496 e. The molecule has 0 saturated carbocycles. The Morgan fingerprint density at radius 1 is 1.67 bits per heavy atom. The van der Waals surface area contributed by atoms with E-state index in [-0.39, 0.29) is 17.9 Å². The van der Waals surface area contributed by atoms with E-state index in [1.54, 1.807) is 0 Å². The van der Waals surface area contributed by atoms with E-state index < -0.39 is 6.43 Å². The number of pyridine rings is 1. The van der Waals surface area contributed by atoms with Crippen molar-refractivity contribution in [1.29, 1.82) is 5.26 Å². The topological polar surface area (TPSA) is 45.9 Å². The molecule has 1 rings (SSSR count). The zero-order valence-electron chi connectivity index (χ0n) is 7.80. The molecule has 0 atom stereocenters. The Kier molecular flexibility index (Phi) is 4.20. The Morgan fingerprint density at radius 2 is 2.33 bits per heavy atom. The van der Waals surface area contributed by atoms with Gasteiger partial charge in [-0.1, -0.05) is 0 Å². The van der Waals surface area contributed by atoms with Gasteiger partial charge in [0.1, 0.15) is 15.1 Å². The predicted octanol–water partition coefficient (Wildman–Crippen LogP) is 2.70. The van der Waals surface area contributed by atoms with Gasteiger partial charge in [-0.25, -0.2) is 13.8 Å². The summed E-state index contributed by atoms with van der Waals surface area (Å²) >= 11 is 1.82. The van der Waals surface area contributed by atoms with E-state index in [1.165, 1.54) is 13.2 Å². The van der Waals surface area contributed by atoms with Crippen LogP contribution in [0.3, 0.4) is 0 Å². The van der Waals surface area contributed by atoms with Crippen molar-refractivity contribution in [1.82, 2.24) is 4.98 Å². The highest BCUT2D eigenvalue weighted by molar-refractivity contribution is 14.1. The van der Waals surface area contributed by atoms with Crippen LogP contribution in [0, 0.1) is 15.0 Å². The Hall–Kier alpha value is -0.970. The molecule has 6 heteroatoms. The number of halogens is 3. The van der Waals surface area contributed by atoms with Crippen molar-refractivity contribution < 1.29 is 13.5 Å². The lowest BCUT2D eigenvalue weighted by molar-refractivity contribution is 0.145. The molecule has 1 heterocycles. The molecule has 3 nitrogen and oxygen atoms in total. The van der Waals surface area contributed by atoms with Crippen LogP contribution in [0.25, 0.3) is 0 Å². The fourth-order valence-electron chi connectivity index (χ4n) is 1.07. The van der Waals surface area contributed by atoms with E-state index in [2.05, 4.69) is 4.98 Å². The third-order valence-corrected chi connectivity index (χ3v) is 2.64. The van der Waals surface area contributed by atoms with E-state index in [1.807, 2.05) is 28.7 Å². The molecule has 15 heavy (non-hydrogen) atoms. The van der Waals surface area contributed by atoms with Crippen LogP contribution in [-0.4, -0.2) is 12.1 Å². The number of hydrogen-bond donors (Lipinski definition) is 0. The lowest BCUT2D eigenvalue weighted by Gasteiger charge is -2.09. The summed E-state index contributed by atoms with van der Waals surface area (Å²) in [6.45, 7) is 0. The number of ether oxygens (including phenoxy) is 1. The summed E-state index contributed by atoms with van der Waals surface area (Å²) < 4.78 is 30.1. The third-order valence-electron chi connectivity index (χ3n) is 1.75. The normalized spacial score (nSPS) is 10.1. The quantitative estimate of drug-likeness (QED) is 0.634. The summed E-state index contributed by atoms with van der Waals surface area (Å²) in [4.78, 5) is 3.71. The molecule has 0 bridgehead atoms. The second kappa shape index (κ2) is 5.21. The first-order valence-corrected chi connectivity index (χ1v) is 5.06. The lowest BCUT2D eigenvalue weighted by Crippen LogP contribution is -2.01. The second-order valence-electron chi connectivity index (χ2n) is 2.65. The molecular formula is C9H7F2IN2O. The van der Waals surface area contributed by atoms with Gasteiger partial charge in [-0.2, -0.15) is 5.26 Å². The number of alkyl halides is 2. The van der Waals surface area contributed by atoms with Crippen LogP contribution in [0.15, 0.2) is 6.07 Å². The smallest absolute Gasteiger partial charge is 0.280 e. The molecule has 0 aliphatic heterocycles. The third kappa shape index (κ3) is 2.75. The number of methoxy groups -OCH3 is 1. The van der Waals surface area contributed by atoms with Crippen molar-refractivity contribution in [3.63, 3.8) is 0 Å². The van der Waals surface area contributed by atoms with Crippen molar-refractivity contribution >= 4 is 22.6 Å². The van der Waals surface area contributed by atoms with E-state index in [0.29, 0.717) is 9.26 Å². The van der Waals surface area contributed by atoms with Gasteiger partial charge in [0.15, 0.2) is 0 Å². The van der Waals surface area contributed by atoms with Gasteiger partial charge in [-0.05, 0) is 22.6 Å². The Labute approximate surface area is 99.2 Å². The molecule has 0 unspecified atom stereocenters. The molecule has 1 aromatic rings. The number of nitrogens with zero attached hydrogens (tertiary/aromatic N) is 2. The Balaban J connectivity index is 3.25. The van der Waals surface area contributed by atoms with Crippen LogP contribution in [0.2, 0.25) is 0 Å². The Morgan fingerprint density at radius 3 is 2.80 bits per heavy atom. The average Bonchev–Trinajstić information content (AvgIpc) is 2.20. The number of hydrogen-bond acceptors (Lipinski definition) is 3. The number of rotatable bonds is 3.